The maximum absolute atomic E-state index is 12.2. The van der Waals surface area contributed by atoms with Gasteiger partial charge >= 0.3 is 5.63 Å². The van der Waals surface area contributed by atoms with Crippen molar-refractivity contribution in [3.63, 3.8) is 0 Å². The largest absolute Gasteiger partial charge is 0.471 e. The molecule has 5 heteroatoms. The highest BCUT2D eigenvalue weighted by molar-refractivity contribution is 6.33. The van der Waals surface area contributed by atoms with Gasteiger partial charge in [-0.15, -0.1) is 0 Å². The molecule has 0 N–H and O–H groups in total. The molecule has 0 bridgehead atoms. The quantitative estimate of drug-likeness (QED) is 0.561. The third-order valence-corrected chi connectivity index (χ3v) is 5.37. The molecule has 0 unspecified atom stereocenters. The number of hydrogen-bond donors (Lipinski definition) is 0. The Morgan fingerprint density at radius 2 is 2.04 bits per heavy atom. The van der Waals surface area contributed by atoms with Gasteiger partial charge in [-0.1, -0.05) is 43.1 Å². The zero-order valence-electron chi connectivity index (χ0n) is 15.5. The van der Waals surface area contributed by atoms with Gasteiger partial charge in [0.25, 0.3) is 0 Å². The first-order valence-electron chi connectivity index (χ1n) is 9.30. The van der Waals surface area contributed by atoms with E-state index in [1.807, 2.05) is 18.2 Å². The van der Waals surface area contributed by atoms with Crippen LogP contribution in [0.1, 0.15) is 36.5 Å². The van der Waals surface area contributed by atoms with Crippen LogP contribution >= 0.6 is 11.6 Å². The average Bonchev–Trinajstić information content (AvgIpc) is 2.67. The van der Waals surface area contributed by atoms with Crippen molar-refractivity contribution in [2.75, 3.05) is 11.6 Å². The van der Waals surface area contributed by atoms with E-state index in [1.165, 1.54) is 5.56 Å². The van der Waals surface area contributed by atoms with E-state index in [9.17, 15) is 4.79 Å². The van der Waals surface area contributed by atoms with Crippen molar-refractivity contribution >= 4 is 28.3 Å². The van der Waals surface area contributed by atoms with Crippen LogP contribution < -0.4 is 15.3 Å². The third-order valence-electron chi connectivity index (χ3n) is 5.09. The Kier molecular flexibility index (Phi) is 4.83. The van der Waals surface area contributed by atoms with Crippen LogP contribution in [0.3, 0.4) is 0 Å². The van der Waals surface area contributed by atoms with Gasteiger partial charge in [0.15, 0.2) is 6.73 Å². The summed E-state index contributed by atoms with van der Waals surface area (Å²) in [6, 6.07) is 11.6. The number of nitrogens with zero attached hydrogens (tertiary/aromatic N) is 1. The maximum Gasteiger partial charge on any atom is 0.336 e. The lowest BCUT2D eigenvalue weighted by atomic mass is 10.0. The molecule has 1 aromatic heterocycles. The smallest absolute Gasteiger partial charge is 0.336 e. The molecule has 2 aromatic carbocycles. The van der Waals surface area contributed by atoms with Gasteiger partial charge in [-0.2, -0.15) is 0 Å². The molecule has 140 valence electrons. The highest BCUT2D eigenvalue weighted by atomic mass is 35.5. The topological polar surface area (TPSA) is 42.7 Å². The summed E-state index contributed by atoms with van der Waals surface area (Å²) in [5, 5.41) is 1.47. The number of hydrogen-bond acceptors (Lipinski definition) is 4. The number of fused-ring (bicyclic) bond motifs is 3. The molecule has 27 heavy (non-hydrogen) atoms. The fourth-order valence-corrected chi connectivity index (χ4v) is 3.98. The molecule has 3 aromatic rings. The van der Waals surface area contributed by atoms with Gasteiger partial charge in [-0.05, 0) is 43.0 Å². The lowest BCUT2D eigenvalue weighted by Gasteiger charge is -2.32. The zero-order chi connectivity index (χ0) is 19.0. The number of unbranched alkanes of at least 4 members (excludes halogenated alkanes) is 1. The lowest BCUT2D eigenvalue weighted by molar-refractivity contribution is 0.289. The van der Waals surface area contributed by atoms with Crippen molar-refractivity contribution in [3.8, 4) is 5.75 Å². The molecule has 0 saturated carbocycles. The van der Waals surface area contributed by atoms with E-state index >= 15 is 0 Å². The number of aryl methyl sites for hydroxylation is 2. The van der Waals surface area contributed by atoms with Crippen molar-refractivity contribution in [1.82, 2.24) is 0 Å². The lowest BCUT2D eigenvalue weighted by Crippen LogP contribution is -2.32. The number of para-hydroxylation sites is 1. The van der Waals surface area contributed by atoms with Gasteiger partial charge in [0.05, 0.1) is 17.1 Å². The van der Waals surface area contributed by atoms with Crippen LogP contribution in [0.15, 0.2) is 45.6 Å². The summed E-state index contributed by atoms with van der Waals surface area (Å²) in [5.41, 5.74) is 4.35. The molecular formula is C22H22ClNO3. The van der Waals surface area contributed by atoms with E-state index in [-0.39, 0.29) is 5.63 Å². The van der Waals surface area contributed by atoms with E-state index in [4.69, 9.17) is 20.8 Å². The molecule has 1 aliphatic rings. The van der Waals surface area contributed by atoms with Crippen LogP contribution in [0.5, 0.6) is 5.75 Å². The SMILES string of the molecule is CCCCc1cc(=O)oc2c3c(c(Cl)cc12)OCN(c1ccccc1C)C3. The van der Waals surface area contributed by atoms with Crippen LogP contribution in [0, 0.1) is 6.92 Å². The highest BCUT2D eigenvalue weighted by Gasteiger charge is 2.26. The Morgan fingerprint density at radius 1 is 1.22 bits per heavy atom. The molecule has 0 radical (unpaired) electrons. The van der Waals surface area contributed by atoms with E-state index in [0.717, 1.165) is 41.5 Å². The maximum atomic E-state index is 12.2. The molecule has 0 saturated heterocycles. The van der Waals surface area contributed by atoms with Crippen LogP contribution in [0.4, 0.5) is 5.69 Å². The summed E-state index contributed by atoms with van der Waals surface area (Å²) < 4.78 is 11.6. The molecule has 2 heterocycles. The minimum atomic E-state index is -0.328. The standard InChI is InChI=1S/C22H22ClNO3/c1-3-4-8-15-10-20(25)27-21-16(15)11-18(23)22-17(21)12-24(13-26-22)19-9-6-5-7-14(19)2/h5-7,9-11H,3-4,8,12-13H2,1-2H3. The van der Waals surface area contributed by atoms with E-state index in [2.05, 4.69) is 30.9 Å². The fourth-order valence-electron chi connectivity index (χ4n) is 3.70. The summed E-state index contributed by atoms with van der Waals surface area (Å²) in [6.45, 7) is 5.19. The summed E-state index contributed by atoms with van der Waals surface area (Å²) >= 11 is 6.53. The Bertz CT molecular complexity index is 1060. The first-order chi connectivity index (χ1) is 13.1. The average molecular weight is 384 g/mol. The molecule has 0 amide bonds. The molecule has 1 aliphatic heterocycles. The Balaban J connectivity index is 1.86. The number of benzene rings is 2. The van der Waals surface area contributed by atoms with Crippen molar-refractivity contribution in [2.45, 2.75) is 39.7 Å². The monoisotopic (exact) mass is 383 g/mol. The van der Waals surface area contributed by atoms with E-state index in [1.54, 1.807) is 6.07 Å². The van der Waals surface area contributed by atoms with Crippen LogP contribution in [0.25, 0.3) is 11.0 Å². The molecule has 0 atom stereocenters. The number of rotatable bonds is 4. The summed E-state index contributed by atoms with van der Waals surface area (Å²) in [4.78, 5) is 14.3. The molecule has 0 fully saturated rings. The first kappa shape index (κ1) is 17.9. The van der Waals surface area contributed by atoms with Gasteiger partial charge < -0.3 is 14.1 Å². The van der Waals surface area contributed by atoms with Crippen LogP contribution in [-0.4, -0.2) is 6.73 Å². The van der Waals surface area contributed by atoms with E-state index < -0.39 is 0 Å². The van der Waals surface area contributed by atoms with Gasteiger partial charge in [0, 0.05) is 17.1 Å². The Labute approximate surface area is 163 Å². The highest BCUT2D eigenvalue weighted by Crippen LogP contribution is 2.40. The van der Waals surface area contributed by atoms with Crippen molar-refractivity contribution in [3.05, 3.63) is 68.5 Å². The number of halogens is 1. The molecular weight excluding hydrogens is 362 g/mol. The minimum Gasteiger partial charge on any atom is -0.471 e. The third kappa shape index (κ3) is 3.30. The van der Waals surface area contributed by atoms with Crippen LogP contribution in [-0.2, 0) is 13.0 Å². The van der Waals surface area contributed by atoms with E-state index in [0.29, 0.717) is 29.6 Å². The first-order valence-corrected chi connectivity index (χ1v) is 9.67. The van der Waals surface area contributed by atoms with Gasteiger partial charge in [-0.25, -0.2) is 4.79 Å². The van der Waals surface area contributed by atoms with Gasteiger partial charge in [0.2, 0.25) is 0 Å². The summed E-state index contributed by atoms with van der Waals surface area (Å²) in [5.74, 6) is 0.616. The minimum absolute atomic E-state index is 0.328. The van der Waals surface area contributed by atoms with Crippen LogP contribution in [0.2, 0.25) is 5.02 Å². The predicted octanol–water partition coefficient (Wildman–Crippen LogP) is 5.45. The summed E-state index contributed by atoms with van der Waals surface area (Å²) in [7, 11) is 0. The normalized spacial score (nSPS) is 13.5. The fraction of sp³-hybridized carbons (Fsp3) is 0.318. The van der Waals surface area contributed by atoms with Crippen molar-refractivity contribution < 1.29 is 9.15 Å². The second-order valence-electron chi connectivity index (χ2n) is 6.99. The Hall–Kier alpha value is -2.46. The number of anilines is 1. The second-order valence-corrected chi connectivity index (χ2v) is 7.40. The van der Waals surface area contributed by atoms with Crippen molar-refractivity contribution in [2.24, 2.45) is 0 Å². The Morgan fingerprint density at radius 3 is 2.81 bits per heavy atom. The summed E-state index contributed by atoms with van der Waals surface area (Å²) in [6.07, 6.45) is 2.90. The predicted molar refractivity (Wildman–Crippen MR) is 109 cm³/mol. The van der Waals surface area contributed by atoms with Crippen molar-refractivity contribution in [1.29, 1.82) is 0 Å². The van der Waals surface area contributed by atoms with Gasteiger partial charge in [-0.3, -0.25) is 0 Å². The zero-order valence-corrected chi connectivity index (χ0v) is 16.3. The molecule has 0 aliphatic carbocycles. The molecule has 0 spiro atoms. The second kappa shape index (κ2) is 7.28. The number of ether oxygens (including phenoxy) is 1. The molecule has 4 nitrogen and oxygen atoms in total. The molecule has 4 rings (SSSR count). The van der Waals surface area contributed by atoms with Gasteiger partial charge in [0.1, 0.15) is 11.3 Å².